The lowest BCUT2D eigenvalue weighted by molar-refractivity contribution is -0.152. The second-order valence-corrected chi connectivity index (χ2v) is 6.52. The molecule has 0 N–H and O–H groups in total. The first-order valence-corrected chi connectivity index (χ1v) is 9.02. The van der Waals surface area contributed by atoms with Gasteiger partial charge in [-0.05, 0) is 61.6 Å². The fraction of sp³-hybridized carbons (Fsp3) is 0.286. The number of aromatic nitrogens is 2. The standard InChI is InChI=1S/C21H20N2O4/c1-14(20-22-23-21(27-20)16-6-3-2-4-7-16)26-19(24)13-25-18-11-10-15-8-5-9-17(15)12-18/h2-4,6-7,10-12,14H,5,8-9,13H2,1H3/t14-/m0/s1. The molecule has 0 unspecified atom stereocenters. The first kappa shape index (κ1) is 17.3. The highest BCUT2D eigenvalue weighted by molar-refractivity contribution is 5.71. The minimum absolute atomic E-state index is 0.164. The summed E-state index contributed by atoms with van der Waals surface area (Å²) in [4.78, 5) is 12.1. The molecule has 1 heterocycles. The quantitative estimate of drug-likeness (QED) is 0.618. The van der Waals surface area contributed by atoms with Crippen LogP contribution in [0.5, 0.6) is 5.75 Å². The van der Waals surface area contributed by atoms with Crippen molar-refractivity contribution in [1.29, 1.82) is 0 Å². The lowest BCUT2D eigenvalue weighted by Crippen LogP contribution is -2.17. The molecule has 6 nitrogen and oxygen atoms in total. The van der Waals surface area contributed by atoms with E-state index in [0.717, 1.165) is 18.4 Å². The Bertz CT molecular complexity index is 936. The monoisotopic (exact) mass is 364 g/mol. The van der Waals surface area contributed by atoms with Gasteiger partial charge in [0, 0.05) is 5.56 Å². The Labute approximate surface area is 157 Å². The molecule has 1 aliphatic rings. The summed E-state index contributed by atoms with van der Waals surface area (Å²) < 4.78 is 16.5. The topological polar surface area (TPSA) is 74.5 Å². The van der Waals surface area contributed by atoms with Crippen LogP contribution in [-0.2, 0) is 22.4 Å². The van der Waals surface area contributed by atoms with Crippen molar-refractivity contribution in [3.05, 3.63) is 65.5 Å². The van der Waals surface area contributed by atoms with Crippen LogP contribution < -0.4 is 4.74 Å². The number of nitrogens with zero attached hydrogens (tertiary/aromatic N) is 2. The van der Waals surface area contributed by atoms with Gasteiger partial charge in [-0.25, -0.2) is 4.79 Å². The summed E-state index contributed by atoms with van der Waals surface area (Å²) in [7, 11) is 0. The third-order valence-electron chi connectivity index (χ3n) is 4.54. The van der Waals surface area contributed by atoms with Crippen molar-refractivity contribution in [3.8, 4) is 17.2 Å². The minimum Gasteiger partial charge on any atom is -0.482 e. The highest BCUT2D eigenvalue weighted by Crippen LogP contribution is 2.26. The third kappa shape index (κ3) is 4.00. The summed E-state index contributed by atoms with van der Waals surface area (Å²) in [6.45, 7) is 1.53. The molecule has 0 aliphatic heterocycles. The molecule has 0 saturated heterocycles. The van der Waals surface area contributed by atoms with Crippen molar-refractivity contribution in [1.82, 2.24) is 10.2 Å². The van der Waals surface area contributed by atoms with Crippen LogP contribution in [0.2, 0.25) is 0 Å². The minimum atomic E-state index is -0.647. The molecule has 4 rings (SSSR count). The van der Waals surface area contributed by atoms with Crippen LogP contribution in [0, 0.1) is 0 Å². The first-order chi connectivity index (χ1) is 13.2. The molecule has 0 fully saturated rings. The van der Waals surface area contributed by atoms with Crippen molar-refractivity contribution >= 4 is 5.97 Å². The van der Waals surface area contributed by atoms with Gasteiger partial charge in [-0.1, -0.05) is 24.3 Å². The zero-order valence-electron chi connectivity index (χ0n) is 15.1. The Morgan fingerprint density at radius 3 is 2.78 bits per heavy atom. The van der Waals surface area contributed by atoms with Crippen LogP contribution in [0.25, 0.3) is 11.5 Å². The molecule has 6 heteroatoms. The Kier molecular flexibility index (Phi) is 4.87. The fourth-order valence-corrected chi connectivity index (χ4v) is 3.16. The molecule has 2 aromatic carbocycles. The maximum atomic E-state index is 12.1. The SMILES string of the molecule is C[C@H](OC(=O)COc1ccc2c(c1)CCC2)c1nnc(-c2ccccc2)o1. The number of aryl methyl sites for hydroxylation is 2. The molecule has 1 aliphatic carbocycles. The maximum Gasteiger partial charge on any atom is 0.344 e. The summed E-state index contributed by atoms with van der Waals surface area (Å²) >= 11 is 0. The van der Waals surface area contributed by atoms with Gasteiger partial charge < -0.3 is 13.9 Å². The summed E-state index contributed by atoms with van der Waals surface area (Å²) in [5, 5.41) is 7.97. The average Bonchev–Trinajstić information content (AvgIpc) is 3.36. The van der Waals surface area contributed by atoms with Gasteiger partial charge in [-0.15, -0.1) is 10.2 Å². The van der Waals surface area contributed by atoms with Gasteiger partial charge in [-0.2, -0.15) is 0 Å². The number of fused-ring (bicyclic) bond motifs is 1. The smallest absolute Gasteiger partial charge is 0.344 e. The van der Waals surface area contributed by atoms with Gasteiger partial charge >= 0.3 is 5.97 Å². The van der Waals surface area contributed by atoms with E-state index in [1.165, 1.54) is 17.5 Å². The number of hydrogen-bond acceptors (Lipinski definition) is 6. The van der Waals surface area contributed by atoms with Gasteiger partial charge in [0.1, 0.15) is 5.75 Å². The Morgan fingerprint density at radius 1 is 1.11 bits per heavy atom. The second-order valence-electron chi connectivity index (χ2n) is 6.52. The van der Waals surface area contributed by atoms with E-state index in [9.17, 15) is 4.79 Å². The fourth-order valence-electron chi connectivity index (χ4n) is 3.16. The number of esters is 1. The Hall–Kier alpha value is -3.15. The van der Waals surface area contributed by atoms with Crippen molar-refractivity contribution in [2.75, 3.05) is 6.61 Å². The number of carbonyl (C=O) groups excluding carboxylic acids is 1. The molecule has 0 amide bonds. The number of hydrogen-bond donors (Lipinski definition) is 0. The van der Waals surface area contributed by atoms with Crippen LogP contribution >= 0.6 is 0 Å². The van der Waals surface area contributed by atoms with Crippen LogP contribution in [0.4, 0.5) is 0 Å². The molecule has 0 saturated carbocycles. The molecule has 1 atom stereocenters. The van der Waals surface area contributed by atoms with E-state index in [2.05, 4.69) is 16.3 Å². The third-order valence-corrected chi connectivity index (χ3v) is 4.54. The number of rotatable bonds is 6. The highest BCUT2D eigenvalue weighted by Gasteiger charge is 2.19. The zero-order chi connectivity index (χ0) is 18.6. The van der Waals surface area contributed by atoms with E-state index >= 15 is 0 Å². The lowest BCUT2D eigenvalue weighted by atomic mass is 10.1. The Morgan fingerprint density at radius 2 is 1.93 bits per heavy atom. The second kappa shape index (κ2) is 7.61. The van der Waals surface area contributed by atoms with Crippen LogP contribution in [0.1, 0.15) is 36.5 Å². The molecule has 27 heavy (non-hydrogen) atoms. The normalized spacial score (nSPS) is 13.8. The molecule has 1 aromatic heterocycles. The first-order valence-electron chi connectivity index (χ1n) is 9.02. The van der Waals surface area contributed by atoms with E-state index in [0.29, 0.717) is 11.6 Å². The van der Waals surface area contributed by atoms with Crippen LogP contribution in [0.3, 0.4) is 0 Å². The van der Waals surface area contributed by atoms with Crippen molar-refractivity contribution in [2.24, 2.45) is 0 Å². The van der Waals surface area contributed by atoms with Crippen LogP contribution in [0.15, 0.2) is 52.9 Å². The molecular weight excluding hydrogens is 344 g/mol. The van der Waals surface area contributed by atoms with E-state index in [1.54, 1.807) is 6.92 Å². The summed E-state index contributed by atoms with van der Waals surface area (Å²) in [5.74, 6) is 0.842. The number of benzene rings is 2. The molecule has 0 spiro atoms. The van der Waals surface area contributed by atoms with Gasteiger partial charge in [0.15, 0.2) is 12.7 Å². The highest BCUT2D eigenvalue weighted by atomic mass is 16.6. The van der Waals surface area contributed by atoms with Gasteiger partial charge in [0.05, 0.1) is 0 Å². The zero-order valence-corrected chi connectivity index (χ0v) is 15.1. The predicted octanol–water partition coefficient (Wildman–Crippen LogP) is 3.91. The largest absolute Gasteiger partial charge is 0.482 e. The van der Waals surface area contributed by atoms with Gasteiger partial charge in [-0.3, -0.25) is 0 Å². The molecule has 3 aromatic rings. The van der Waals surface area contributed by atoms with Gasteiger partial charge in [0.2, 0.25) is 5.89 Å². The van der Waals surface area contributed by atoms with Crippen molar-refractivity contribution in [3.63, 3.8) is 0 Å². The maximum absolute atomic E-state index is 12.1. The molecular formula is C21H20N2O4. The predicted molar refractivity (Wildman–Crippen MR) is 98.2 cm³/mol. The summed E-state index contributed by atoms with van der Waals surface area (Å²) in [6, 6.07) is 15.4. The lowest BCUT2D eigenvalue weighted by Gasteiger charge is -2.11. The van der Waals surface area contributed by atoms with Gasteiger partial charge in [0.25, 0.3) is 5.89 Å². The molecule has 0 bridgehead atoms. The van der Waals surface area contributed by atoms with Crippen molar-refractivity contribution in [2.45, 2.75) is 32.3 Å². The number of carbonyl (C=O) groups is 1. The number of ether oxygens (including phenoxy) is 2. The van der Waals surface area contributed by atoms with E-state index in [1.807, 2.05) is 42.5 Å². The average molecular weight is 364 g/mol. The Balaban J connectivity index is 1.32. The summed E-state index contributed by atoms with van der Waals surface area (Å²) in [5.41, 5.74) is 3.48. The van der Waals surface area contributed by atoms with E-state index in [-0.39, 0.29) is 12.5 Å². The molecule has 138 valence electrons. The molecule has 0 radical (unpaired) electrons. The van der Waals surface area contributed by atoms with Crippen molar-refractivity contribution < 1.29 is 18.7 Å². The summed E-state index contributed by atoms with van der Waals surface area (Å²) in [6.07, 6.45) is 2.71. The van der Waals surface area contributed by atoms with Crippen LogP contribution in [-0.4, -0.2) is 22.8 Å². The van der Waals surface area contributed by atoms with E-state index in [4.69, 9.17) is 13.9 Å². The van der Waals surface area contributed by atoms with E-state index < -0.39 is 12.1 Å².